The minimum absolute atomic E-state index is 0.00787. The molecule has 2 heterocycles. The molecule has 0 aromatic heterocycles. The molecule has 0 bridgehead atoms. The molecular formula is C24H27FN2O3. The van der Waals surface area contributed by atoms with Crippen LogP contribution in [0.15, 0.2) is 48.5 Å². The Morgan fingerprint density at radius 3 is 2.47 bits per heavy atom. The molecule has 0 atom stereocenters. The second-order valence-electron chi connectivity index (χ2n) is 8.28. The fourth-order valence-corrected chi connectivity index (χ4v) is 4.49. The lowest BCUT2D eigenvalue weighted by molar-refractivity contribution is -0.138. The van der Waals surface area contributed by atoms with Crippen LogP contribution >= 0.6 is 0 Å². The number of likely N-dealkylation sites (tertiary alicyclic amines) is 2. The zero-order valence-electron chi connectivity index (χ0n) is 17.3. The summed E-state index contributed by atoms with van der Waals surface area (Å²) in [6.07, 6.45) is 2.67. The molecule has 1 spiro atoms. The molecule has 4 rings (SSSR count). The van der Waals surface area contributed by atoms with Gasteiger partial charge in [0.1, 0.15) is 11.6 Å². The van der Waals surface area contributed by atoms with Crippen LogP contribution < -0.4 is 4.74 Å². The van der Waals surface area contributed by atoms with Gasteiger partial charge in [0.25, 0.3) is 5.91 Å². The largest absolute Gasteiger partial charge is 0.484 e. The van der Waals surface area contributed by atoms with Crippen molar-refractivity contribution in [3.63, 3.8) is 0 Å². The van der Waals surface area contributed by atoms with Gasteiger partial charge in [-0.1, -0.05) is 35.9 Å². The van der Waals surface area contributed by atoms with E-state index in [1.807, 2.05) is 41.0 Å². The lowest BCUT2D eigenvalue weighted by Gasteiger charge is -2.45. The number of nitrogens with zero attached hydrogens (tertiary/aromatic N) is 2. The molecule has 30 heavy (non-hydrogen) atoms. The first kappa shape index (κ1) is 20.4. The molecule has 2 aromatic rings. The van der Waals surface area contributed by atoms with Crippen molar-refractivity contribution in [3.8, 4) is 5.75 Å². The highest BCUT2D eigenvalue weighted by molar-refractivity contribution is 5.80. The van der Waals surface area contributed by atoms with Gasteiger partial charge in [-0.2, -0.15) is 0 Å². The number of carbonyl (C=O) groups is 2. The van der Waals surface area contributed by atoms with Crippen molar-refractivity contribution < 1.29 is 18.7 Å². The maximum atomic E-state index is 14.1. The van der Waals surface area contributed by atoms with Crippen LogP contribution in [0.25, 0.3) is 0 Å². The average molecular weight is 410 g/mol. The van der Waals surface area contributed by atoms with Crippen LogP contribution in [0.5, 0.6) is 5.75 Å². The maximum Gasteiger partial charge on any atom is 0.260 e. The van der Waals surface area contributed by atoms with E-state index >= 15 is 0 Å². The van der Waals surface area contributed by atoms with E-state index < -0.39 is 0 Å². The standard InChI is InChI=1S/C24H27FN2O3/c1-18-6-8-20(9-7-18)30-17-23(29)26-14-12-24(13-15-26)11-10-22(28)27(24)16-19-4-2-3-5-21(19)25/h2-9H,10-17H2,1H3. The minimum atomic E-state index is -0.284. The summed E-state index contributed by atoms with van der Waals surface area (Å²) < 4.78 is 19.8. The van der Waals surface area contributed by atoms with Gasteiger partial charge in [-0.3, -0.25) is 9.59 Å². The van der Waals surface area contributed by atoms with Crippen molar-refractivity contribution in [2.75, 3.05) is 19.7 Å². The third-order valence-corrected chi connectivity index (χ3v) is 6.39. The van der Waals surface area contributed by atoms with Gasteiger partial charge in [-0.15, -0.1) is 0 Å². The summed E-state index contributed by atoms with van der Waals surface area (Å²) in [5, 5.41) is 0. The summed E-state index contributed by atoms with van der Waals surface area (Å²) in [6, 6.07) is 14.2. The number of hydrogen-bond acceptors (Lipinski definition) is 3. The number of rotatable bonds is 5. The number of piperidine rings is 1. The lowest BCUT2D eigenvalue weighted by Crippen LogP contribution is -2.54. The van der Waals surface area contributed by atoms with Gasteiger partial charge in [-0.05, 0) is 44.4 Å². The molecule has 158 valence electrons. The number of aryl methyl sites for hydroxylation is 1. The van der Waals surface area contributed by atoms with E-state index in [2.05, 4.69) is 0 Å². The highest BCUT2D eigenvalue weighted by Crippen LogP contribution is 2.40. The maximum absolute atomic E-state index is 14.1. The second kappa shape index (κ2) is 8.46. The van der Waals surface area contributed by atoms with Crippen molar-refractivity contribution >= 4 is 11.8 Å². The first-order valence-corrected chi connectivity index (χ1v) is 10.5. The van der Waals surface area contributed by atoms with E-state index in [1.165, 1.54) is 6.07 Å². The molecule has 5 nitrogen and oxygen atoms in total. The van der Waals surface area contributed by atoms with Crippen molar-refractivity contribution in [1.82, 2.24) is 9.80 Å². The van der Waals surface area contributed by atoms with E-state index in [1.54, 1.807) is 18.2 Å². The molecule has 2 amide bonds. The van der Waals surface area contributed by atoms with Gasteiger partial charge in [0.2, 0.25) is 5.91 Å². The molecule has 0 radical (unpaired) electrons. The van der Waals surface area contributed by atoms with Crippen LogP contribution in [0.3, 0.4) is 0 Å². The molecule has 2 saturated heterocycles. The molecule has 0 N–H and O–H groups in total. The summed E-state index contributed by atoms with van der Waals surface area (Å²) in [7, 11) is 0. The second-order valence-corrected chi connectivity index (χ2v) is 8.28. The zero-order chi connectivity index (χ0) is 21.1. The normalized spacial score (nSPS) is 18.1. The van der Waals surface area contributed by atoms with E-state index in [4.69, 9.17) is 4.74 Å². The Morgan fingerprint density at radius 2 is 1.77 bits per heavy atom. The van der Waals surface area contributed by atoms with Crippen LogP contribution in [0.4, 0.5) is 4.39 Å². The number of benzene rings is 2. The third kappa shape index (κ3) is 4.18. The molecule has 2 aromatic carbocycles. The van der Waals surface area contributed by atoms with Crippen LogP contribution in [-0.2, 0) is 16.1 Å². The minimum Gasteiger partial charge on any atom is -0.484 e. The van der Waals surface area contributed by atoms with Crippen LogP contribution in [0.2, 0.25) is 0 Å². The zero-order valence-corrected chi connectivity index (χ0v) is 17.3. The summed E-state index contributed by atoms with van der Waals surface area (Å²) >= 11 is 0. The van der Waals surface area contributed by atoms with E-state index in [0.29, 0.717) is 43.7 Å². The van der Waals surface area contributed by atoms with Gasteiger partial charge in [0.05, 0.1) is 0 Å². The fourth-order valence-electron chi connectivity index (χ4n) is 4.49. The Kier molecular flexibility index (Phi) is 5.75. The monoisotopic (exact) mass is 410 g/mol. The predicted octanol–water partition coefficient (Wildman–Crippen LogP) is 3.70. The average Bonchev–Trinajstić information content (AvgIpc) is 3.05. The SMILES string of the molecule is Cc1ccc(OCC(=O)N2CCC3(CCC(=O)N3Cc3ccccc3F)CC2)cc1. The predicted molar refractivity (Wildman–Crippen MR) is 111 cm³/mol. The Morgan fingerprint density at radius 1 is 1.07 bits per heavy atom. The molecule has 2 aliphatic rings. The molecule has 0 unspecified atom stereocenters. The Labute approximate surface area is 176 Å². The van der Waals surface area contributed by atoms with Gasteiger partial charge >= 0.3 is 0 Å². The molecule has 2 aliphatic heterocycles. The Balaban J connectivity index is 1.36. The van der Waals surface area contributed by atoms with Crippen molar-refractivity contribution in [3.05, 3.63) is 65.5 Å². The Bertz CT molecular complexity index is 920. The lowest BCUT2D eigenvalue weighted by atomic mass is 9.84. The van der Waals surface area contributed by atoms with Crippen molar-refractivity contribution in [1.29, 1.82) is 0 Å². The highest BCUT2D eigenvalue weighted by atomic mass is 19.1. The summed E-state index contributed by atoms with van der Waals surface area (Å²) in [5.41, 5.74) is 1.40. The summed E-state index contributed by atoms with van der Waals surface area (Å²) in [5.74, 6) is 0.421. The van der Waals surface area contributed by atoms with Crippen LogP contribution in [-0.4, -0.2) is 46.8 Å². The molecule has 6 heteroatoms. The summed E-state index contributed by atoms with van der Waals surface area (Å²) in [4.78, 5) is 28.8. The topological polar surface area (TPSA) is 49.9 Å². The molecule has 0 aliphatic carbocycles. The first-order chi connectivity index (χ1) is 14.5. The first-order valence-electron chi connectivity index (χ1n) is 10.5. The third-order valence-electron chi connectivity index (χ3n) is 6.39. The quantitative estimate of drug-likeness (QED) is 0.755. The smallest absolute Gasteiger partial charge is 0.260 e. The Hall–Kier alpha value is -2.89. The van der Waals surface area contributed by atoms with E-state index in [9.17, 15) is 14.0 Å². The molecular weight excluding hydrogens is 383 g/mol. The van der Waals surface area contributed by atoms with Gasteiger partial charge in [0.15, 0.2) is 6.61 Å². The number of ether oxygens (including phenoxy) is 1. The number of amides is 2. The van der Waals surface area contributed by atoms with E-state index in [-0.39, 0.29) is 36.3 Å². The number of carbonyl (C=O) groups excluding carboxylic acids is 2. The van der Waals surface area contributed by atoms with Gasteiger partial charge in [0, 0.05) is 37.2 Å². The van der Waals surface area contributed by atoms with Crippen LogP contribution in [0.1, 0.15) is 36.8 Å². The number of halogens is 1. The van der Waals surface area contributed by atoms with Gasteiger partial charge < -0.3 is 14.5 Å². The fraction of sp³-hybridized carbons (Fsp3) is 0.417. The van der Waals surface area contributed by atoms with Crippen LogP contribution in [0, 0.1) is 12.7 Å². The van der Waals surface area contributed by atoms with Crippen molar-refractivity contribution in [2.45, 2.75) is 44.7 Å². The van der Waals surface area contributed by atoms with Gasteiger partial charge in [-0.25, -0.2) is 4.39 Å². The number of hydrogen-bond donors (Lipinski definition) is 0. The summed E-state index contributed by atoms with van der Waals surface area (Å²) in [6.45, 7) is 3.46. The van der Waals surface area contributed by atoms with Crippen molar-refractivity contribution in [2.24, 2.45) is 0 Å². The highest BCUT2D eigenvalue weighted by Gasteiger charge is 2.47. The molecule has 2 fully saturated rings. The van der Waals surface area contributed by atoms with E-state index in [0.717, 1.165) is 12.0 Å². The molecule has 0 saturated carbocycles.